The van der Waals surface area contributed by atoms with Gasteiger partial charge in [-0.25, -0.2) is 0 Å². The van der Waals surface area contributed by atoms with Gasteiger partial charge in [-0.1, -0.05) is 19.3 Å². The van der Waals surface area contributed by atoms with Gasteiger partial charge in [0.05, 0.1) is 0 Å². The van der Waals surface area contributed by atoms with Crippen LogP contribution in [-0.4, -0.2) is 10.8 Å². The van der Waals surface area contributed by atoms with Gasteiger partial charge in [-0.05, 0) is 12.8 Å². The maximum atomic E-state index is 5.94. The van der Waals surface area contributed by atoms with Crippen molar-refractivity contribution in [2.24, 2.45) is 0 Å². The summed E-state index contributed by atoms with van der Waals surface area (Å²) < 4.78 is 0. The summed E-state index contributed by atoms with van der Waals surface area (Å²) in [6.07, 6.45) is 6.05. The number of hydrogen-bond donors (Lipinski definition) is 0. The molecule has 0 aliphatic heterocycles. The average Bonchev–Trinajstić information content (AvgIpc) is 1.99. The molecule has 0 radical (unpaired) electrons. The van der Waals surface area contributed by atoms with Crippen molar-refractivity contribution in [1.29, 1.82) is 0 Å². The van der Waals surface area contributed by atoms with Gasteiger partial charge in [0.1, 0.15) is 0 Å². The zero-order valence-corrected chi connectivity index (χ0v) is 6.96. The van der Waals surface area contributed by atoms with E-state index in [1.54, 1.807) is 0 Å². The predicted molar refractivity (Wildman–Crippen MR) is 42.4 cm³/mol. The molecule has 0 nitrogen and oxygen atoms in total. The van der Waals surface area contributed by atoms with Crippen molar-refractivity contribution in [2.75, 3.05) is 0 Å². The molecule has 1 aliphatic rings. The van der Waals surface area contributed by atoms with E-state index in [0.29, 0.717) is 0 Å². The first-order valence-corrected chi connectivity index (χ1v) is 4.46. The highest BCUT2D eigenvalue weighted by molar-refractivity contribution is 6.29. The van der Waals surface area contributed by atoms with Crippen LogP contribution in [0.4, 0.5) is 0 Å². The molecule has 1 aliphatic carbocycles. The van der Waals surface area contributed by atoms with Crippen molar-refractivity contribution in [3.8, 4) is 0 Å². The highest BCUT2D eigenvalue weighted by Crippen LogP contribution is 2.25. The van der Waals surface area contributed by atoms with Crippen molar-refractivity contribution >= 4 is 23.2 Å². The average molecular weight is 167 g/mol. The molecule has 0 bridgehead atoms. The molecular formula is C7H12Cl2. The third kappa shape index (κ3) is 2.35. The van der Waals surface area contributed by atoms with E-state index in [0.717, 1.165) is 12.8 Å². The second-order valence-electron chi connectivity index (χ2n) is 2.67. The molecule has 0 N–H and O–H groups in total. The second kappa shape index (κ2) is 3.68. The molecule has 0 saturated heterocycles. The van der Waals surface area contributed by atoms with E-state index >= 15 is 0 Å². The predicted octanol–water partition coefficient (Wildman–Crippen LogP) is 3.17. The zero-order chi connectivity index (χ0) is 6.69. The number of rotatable bonds is 0. The zero-order valence-electron chi connectivity index (χ0n) is 5.45. The fourth-order valence-corrected chi connectivity index (χ4v) is 1.78. The van der Waals surface area contributed by atoms with Gasteiger partial charge < -0.3 is 0 Å². The van der Waals surface area contributed by atoms with Crippen LogP contribution >= 0.6 is 23.2 Å². The molecular weight excluding hydrogens is 155 g/mol. The van der Waals surface area contributed by atoms with E-state index in [1.807, 2.05) is 0 Å². The van der Waals surface area contributed by atoms with E-state index in [9.17, 15) is 0 Å². The Bertz CT molecular complexity index is 73.0. The van der Waals surface area contributed by atoms with Crippen molar-refractivity contribution in [3.63, 3.8) is 0 Å². The Kier molecular flexibility index (Phi) is 3.14. The molecule has 9 heavy (non-hydrogen) atoms. The minimum Gasteiger partial charge on any atom is -0.121 e. The van der Waals surface area contributed by atoms with E-state index in [1.165, 1.54) is 19.3 Å². The van der Waals surface area contributed by atoms with Gasteiger partial charge in [-0.15, -0.1) is 23.2 Å². The molecule has 0 spiro atoms. The minimum atomic E-state index is 0.231. The van der Waals surface area contributed by atoms with Gasteiger partial charge in [-0.3, -0.25) is 0 Å². The van der Waals surface area contributed by atoms with Crippen LogP contribution in [0.15, 0.2) is 0 Å². The molecule has 1 rings (SSSR count). The molecule has 2 atom stereocenters. The van der Waals surface area contributed by atoms with Crippen LogP contribution in [-0.2, 0) is 0 Å². The Labute approximate surface area is 66.5 Å². The Morgan fingerprint density at radius 3 is 1.67 bits per heavy atom. The monoisotopic (exact) mass is 166 g/mol. The van der Waals surface area contributed by atoms with Gasteiger partial charge >= 0.3 is 0 Å². The highest BCUT2D eigenvalue weighted by Gasteiger charge is 2.18. The molecule has 0 aromatic rings. The Morgan fingerprint density at radius 2 is 1.22 bits per heavy atom. The summed E-state index contributed by atoms with van der Waals surface area (Å²) in [4.78, 5) is 0. The van der Waals surface area contributed by atoms with E-state index in [4.69, 9.17) is 23.2 Å². The molecule has 0 amide bonds. The quantitative estimate of drug-likeness (QED) is 0.384. The minimum absolute atomic E-state index is 0.231. The van der Waals surface area contributed by atoms with Crippen LogP contribution < -0.4 is 0 Å². The SMILES string of the molecule is ClC1CCCCCC1Cl. The lowest BCUT2D eigenvalue weighted by Crippen LogP contribution is -2.11. The maximum Gasteiger partial charge on any atom is 0.0499 e. The van der Waals surface area contributed by atoms with E-state index in [2.05, 4.69) is 0 Å². The van der Waals surface area contributed by atoms with Crippen LogP contribution in [0.2, 0.25) is 0 Å². The molecule has 1 saturated carbocycles. The van der Waals surface area contributed by atoms with E-state index < -0.39 is 0 Å². The summed E-state index contributed by atoms with van der Waals surface area (Å²) in [6.45, 7) is 0. The molecule has 0 aromatic carbocycles. The summed E-state index contributed by atoms with van der Waals surface area (Å²) in [5, 5.41) is 0.461. The van der Waals surface area contributed by atoms with Crippen molar-refractivity contribution in [1.82, 2.24) is 0 Å². The first-order valence-electron chi connectivity index (χ1n) is 3.59. The first-order chi connectivity index (χ1) is 4.30. The largest absolute Gasteiger partial charge is 0.121 e. The Morgan fingerprint density at radius 1 is 0.778 bits per heavy atom. The summed E-state index contributed by atoms with van der Waals surface area (Å²) in [5.41, 5.74) is 0. The van der Waals surface area contributed by atoms with Crippen molar-refractivity contribution in [3.05, 3.63) is 0 Å². The normalized spacial score (nSPS) is 38.0. The first kappa shape index (κ1) is 7.68. The summed E-state index contributed by atoms with van der Waals surface area (Å²) in [6, 6.07) is 0. The lowest BCUT2D eigenvalue weighted by molar-refractivity contribution is 0.703. The highest BCUT2D eigenvalue weighted by atomic mass is 35.5. The topological polar surface area (TPSA) is 0 Å². The third-order valence-electron chi connectivity index (χ3n) is 1.85. The molecule has 0 heterocycles. The van der Waals surface area contributed by atoms with Gasteiger partial charge in [0.15, 0.2) is 0 Å². The van der Waals surface area contributed by atoms with Gasteiger partial charge in [0.2, 0.25) is 0 Å². The number of alkyl halides is 2. The second-order valence-corrected chi connectivity index (χ2v) is 3.79. The lowest BCUT2D eigenvalue weighted by atomic mass is 10.2. The third-order valence-corrected chi connectivity index (χ3v) is 3.03. The van der Waals surface area contributed by atoms with Gasteiger partial charge in [0, 0.05) is 10.8 Å². The Balaban J connectivity index is 2.32. The lowest BCUT2D eigenvalue weighted by Gasteiger charge is -2.09. The van der Waals surface area contributed by atoms with Crippen LogP contribution in [0, 0.1) is 0 Å². The standard InChI is InChI=1S/C7H12Cl2/c8-6-4-2-1-3-5-7(6)9/h6-7H,1-5H2. The summed E-state index contributed by atoms with van der Waals surface area (Å²) >= 11 is 11.9. The van der Waals surface area contributed by atoms with E-state index in [-0.39, 0.29) is 10.8 Å². The molecule has 2 heteroatoms. The Hall–Kier alpha value is 0.580. The van der Waals surface area contributed by atoms with Gasteiger partial charge in [-0.2, -0.15) is 0 Å². The number of hydrogen-bond acceptors (Lipinski definition) is 0. The van der Waals surface area contributed by atoms with Crippen LogP contribution in [0.1, 0.15) is 32.1 Å². The molecule has 2 unspecified atom stereocenters. The summed E-state index contributed by atoms with van der Waals surface area (Å²) in [5.74, 6) is 0. The van der Waals surface area contributed by atoms with Crippen molar-refractivity contribution in [2.45, 2.75) is 42.9 Å². The molecule has 54 valence electrons. The summed E-state index contributed by atoms with van der Waals surface area (Å²) in [7, 11) is 0. The number of halogens is 2. The molecule has 0 aromatic heterocycles. The van der Waals surface area contributed by atoms with Crippen LogP contribution in [0.5, 0.6) is 0 Å². The maximum absolute atomic E-state index is 5.94. The fourth-order valence-electron chi connectivity index (χ4n) is 1.22. The van der Waals surface area contributed by atoms with Crippen LogP contribution in [0.25, 0.3) is 0 Å². The van der Waals surface area contributed by atoms with Crippen molar-refractivity contribution < 1.29 is 0 Å². The molecule has 1 fully saturated rings. The van der Waals surface area contributed by atoms with Crippen LogP contribution in [0.3, 0.4) is 0 Å². The smallest absolute Gasteiger partial charge is 0.0499 e. The van der Waals surface area contributed by atoms with Gasteiger partial charge in [0.25, 0.3) is 0 Å². The fraction of sp³-hybridized carbons (Fsp3) is 1.00.